The number of hydrogen-bond acceptors (Lipinski definition) is 4. The Balaban J connectivity index is 1.46. The number of benzene rings is 1. The van der Waals surface area contributed by atoms with E-state index in [4.69, 9.17) is 0 Å². The molecule has 4 rings (SSSR count). The molecule has 0 radical (unpaired) electrons. The Morgan fingerprint density at radius 3 is 2.59 bits per heavy atom. The summed E-state index contributed by atoms with van der Waals surface area (Å²) in [5.41, 5.74) is 4.88. The number of nitrogens with one attached hydrogen (secondary N) is 2. The molecule has 0 spiro atoms. The minimum absolute atomic E-state index is 0.132. The van der Waals surface area contributed by atoms with Crippen molar-refractivity contribution in [3.8, 4) is 0 Å². The van der Waals surface area contributed by atoms with Gasteiger partial charge in [0.05, 0.1) is 5.39 Å². The molecule has 27 heavy (non-hydrogen) atoms. The first-order chi connectivity index (χ1) is 13.1. The van der Waals surface area contributed by atoms with Crippen molar-refractivity contribution in [2.75, 3.05) is 0 Å². The molecule has 2 aliphatic carbocycles. The number of hydrazine groups is 1. The van der Waals surface area contributed by atoms with Crippen LogP contribution in [0.1, 0.15) is 49.5 Å². The van der Waals surface area contributed by atoms with E-state index in [0.717, 1.165) is 12.3 Å². The monoisotopic (exact) mass is 368 g/mol. The second-order valence-electron chi connectivity index (χ2n) is 7.66. The van der Waals surface area contributed by atoms with Gasteiger partial charge in [0.25, 0.3) is 11.5 Å². The summed E-state index contributed by atoms with van der Waals surface area (Å²) < 4.78 is 1.26. The summed E-state index contributed by atoms with van der Waals surface area (Å²) >= 11 is 0. The van der Waals surface area contributed by atoms with Crippen LogP contribution in [-0.2, 0) is 11.3 Å². The fraction of sp³-hybridized carbons (Fsp3) is 0.500. The van der Waals surface area contributed by atoms with Gasteiger partial charge in [-0.3, -0.25) is 25.2 Å². The normalized spacial score (nSPS) is 23.5. The maximum Gasteiger partial charge on any atom is 0.290 e. The van der Waals surface area contributed by atoms with Crippen LogP contribution in [0.5, 0.6) is 0 Å². The molecule has 1 heterocycles. The van der Waals surface area contributed by atoms with Crippen molar-refractivity contribution in [2.45, 2.75) is 45.6 Å². The molecule has 0 aliphatic heterocycles. The van der Waals surface area contributed by atoms with E-state index < -0.39 is 5.91 Å². The summed E-state index contributed by atoms with van der Waals surface area (Å²) in [5.74, 6) is 1.19. The van der Waals surface area contributed by atoms with Gasteiger partial charge >= 0.3 is 0 Å². The van der Waals surface area contributed by atoms with E-state index in [0.29, 0.717) is 35.6 Å². The third-order valence-corrected chi connectivity index (χ3v) is 6.03. The first-order valence-electron chi connectivity index (χ1n) is 9.65. The molecule has 7 nitrogen and oxygen atoms in total. The van der Waals surface area contributed by atoms with Gasteiger partial charge in [-0.2, -0.15) is 5.10 Å². The smallest absolute Gasteiger partial charge is 0.273 e. The molecular formula is C20H24N4O3. The fourth-order valence-corrected chi connectivity index (χ4v) is 4.72. The molecule has 2 amide bonds. The van der Waals surface area contributed by atoms with E-state index in [1.165, 1.54) is 23.9 Å². The lowest BCUT2D eigenvalue weighted by molar-refractivity contribution is -0.123. The van der Waals surface area contributed by atoms with Gasteiger partial charge in [-0.05, 0) is 50.0 Å². The molecule has 2 aromatic rings. The zero-order valence-electron chi connectivity index (χ0n) is 15.4. The van der Waals surface area contributed by atoms with Crippen LogP contribution in [0.4, 0.5) is 0 Å². The quantitative estimate of drug-likeness (QED) is 0.808. The molecule has 2 bridgehead atoms. The second-order valence-corrected chi connectivity index (χ2v) is 7.66. The average Bonchev–Trinajstić information content (AvgIpc) is 3.30. The summed E-state index contributed by atoms with van der Waals surface area (Å²) in [6, 6.07) is 6.87. The lowest BCUT2D eigenvalue weighted by atomic mass is 9.86. The average molecular weight is 368 g/mol. The van der Waals surface area contributed by atoms with E-state index in [2.05, 4.69) is 16.0 Å². The van der Waals surface area contributed by atoms with Crippen LogP contribution in [0.25, 0.3) is 10.8 Å². The lowest BCUT2D eigenvalue weighted by Gasteiger charge is -2.21. The summed E-state index contributed by atoms with van der Waals surface area (Å²) in [4.78, 5) is 37.2. The Hall–Kier alpha value is -2.70. The maximum absolute atomic E-state index is 12.6. The molecule has 142 valence electrons. The summed E-state index contributed by atoms with van der Waals surface area (Å²) in [7, 11) is 0. The molecule has 2 N–H and O–H groups in total. The number of carbonyl (C=O) groups excluding carboxylic acids is 2. The van der Waals surface area contributed by atoms with Crippen LogP contribution in [0.3, 0.4) is 0 Å². The molecule has 0 unspecified atom stereocenters. The SMILES string of the molecule is CCn1nc(C(=O)NNC(=O)C[C@@H]2C[C@H]3CC[C@@H]2C3)c2ccccc2c1=O. The Morgan fingerprint density at radius 2 is 1.93 bits per heavy atom. The maximum atomic E-state index is 12.6. The molecule has 1 aromatic heterocycles. The molecule has 0 saturated heterocycles. The van der Waals surface area contributed by atoms with Crippen LogP contribution in [-0.4, -0.2) is 21.6 Å². The van der Waals surface area contributed by atoms with Crippen molar-refractivity contribution in [1.82, 2.24) is 20.6 Å². The van der Waals surface area contributed by atoms with E-state index in [1.54, 1.807) is 31.2 Å². The first-order valence-corrected chi connectivity index (χ1v) is 9.65. The highest BCUT2D eigenvalue weighted by Gasteiger charge is 2.40. The largest absolute Gasteiger partial charge is 0.290 e. The van der Waals surface area contributed by atoms with Crippen molar-refractivity contribution in [3.05, 3.63) is 40.3 Å². The molecule has 7 heteroatoms. The first kappa shape index (κ1) is 17.7. The Kier molecular flexibility index (Phi) is 4.68. The Morgan fingerprint density at radius 1 is 1.15 bits per heavy atom. The van der Waals surface area contributed by atoms with E-state index in [1.807, 2.05) is 0 Å². The van der Waals surface area contributed by atoms with Crippen molar-refractivity contribution >= 4 is 22.6 Å². The predicted molar refractivity (Wildman–Crippen MR) is 101 cm³/mol. The van der Waals surface area contributed by atoms with Gasteiger partial charge in [-0.15, -0.1) is 0 Å². The number of amides is 2. The van der Waals surface area contributed by atoms with E-state index >= 15 is 0 Å². The number of rotatable bonds is 4. The second kappa shape index (κ2) is 7.13. The highest BCUT2D eigenvalue weighted by Crippen LogP contribution is 2.49. The van der Waals surface area contributed by atoms with Gasteiger partial charge in [-0.25, -0.2) is 4.68 Å². The van der Waals surface area contributed by atoms with Crippen molar-refractivity contribution in [2.24, 2.45) is 17.8 Å². The molecule has 2 aliphatic rings. The standard InChI is InChI=1S/C20H24N4O3/c1-2-24-20(27)16-6-4-3-5-15(16)18(23-24)19(26)22-21-17(25)11-14-10-12-7-8-13(14)9-12/h3-6,12-14H,2,7-11H2,1H3,(H,21,25)(H,22,26)/t12-,13+,14-/m0/s1. The number of aryl methyl sites for hydroxylation is 1. The topological polar surface area (TPSA) is 93.1 Å². The van der Waals surface area contributed by atoms with Crippen LogP contribution in [0.15, 0.2) is 29.1 Å². The number of hydrogen-bond donors (Lipinski definition) is 2. The summed E-state index contributed by atoms with van der Waals surface area (Å²) in [6.45, 7) is 2.16. The number of carbonyl (C=O) groups is 2. The minimum atomic E-state index is -0.519. The van der Waals surface area contributed by atoms with Crippen molar-refractivity contribution < 1.29 is 9.59 Å². The third-order valence-electron chi connectivity index (χ3n) is 6.03. The molecule has 1 aromatic carbocycles. The van der Waals surface area contributed by atoms with Crippen molar-refractivity contribution in [1.29, 1.82) is 0 Å². The zero-order valence-corrected chi connectivity index (χ0v) is 15.4. The van der Waals surface area contributed by atoms with Gasteiger partial charge in [0.1, 0.15) is 0 Å². The van der Waals surface area contributed by atoms with E-state index in [-0.39, 0.29) is 17.2 Å². The Labute approximate surface area is 157 Å². The van der Waals surface area contributed by atoms with Gasteiger partial charge in [0.2, 0.25) is 5.91 Å². The molecule has 2 saturated carbocycles. The number of nitrogens with zero attached hydrogens (tertiary/aromatic N) is 2. The molecule has 2 fully saturated rings. The lowest BCUT2D eigenvalue weighted by Crippen LogP contribution is -2.43. The van der Waals surface area contributed by atoms with Crippen LogP contribution >= 0.6 is 0 Å². The van der Waals surface area contributed by atoms with Crippen LogP contribution < -0.4 is 16.4 Å². The van der Waals surface area contributed by atoms with Gasteiger partial charge in [-0.1, -0.05) is 24.6 Å². The molecule has 3 atom stereocenters. The third kappa shape index (κ3) is 3.34. The number of fused-ring (bicyclic) bond motifs is 3. The predicted octanol–water partition coefficient (Wildman–Crippen LogP) is 2.00. The van der Waals surface area contributed by atoms with Gasteiger partial charge < -0.3 is 0 Å². The summed E-state index contributed by atoms with van der Waals surface area (Å²) in [5, 5.41) is 5.09. The van der Waals surface area contributed by atoms with Gasteiger partial charge in [0.15, 0.2) is 5.69 Å². The zero-order chi connectivity index (χ0) is 19.0. The highest BCUT2D eigenvalue weighted by atomic mass is 16.2. The fourth-order valence-electron chi connectivity index (χ4n) is 4.72. The number of aromatic nitrogens is 2. The minimum Gasteiger partial charge on any atom is -0.273 e. The van der Waals surface area contributed by atoms with Gasteiger partial charge in [0, 0.05) is 18.4 Å². The van der Waals surface area contributed by atoms with Crippen LogP contribution in [0.2, 0.25) is 0 Å². The highest BCUT2D eigenvalue weighted by molar-refractivity contribution is 6.05. The summed E-state index contributed by atoms with van der Waals surface area (Å²) in [6.07, 6.45) is 5.34. The molecular weight excluding hydrogens is 344 g/mol. The Bertz CT molecular complexity index is 952. The van der Waals surface area contributed by atoms with Crippen molar-refractivity contribution in [3.63, 3.8) is 0 Å². The van der Waals surface area contributed by atoms with Crippen LogP contribution in [0, 0.1) is 17.8 Å². The van der Waals surface area contributed by atoms with E-state index in [9.17, 15) is 14.4 Å².